The van der Waals surface area contributed by atoms with Crippen LogP contribution >= 0.6 is 11.6 Å². The largest absolute Gasteiger partial charge is 0.491 e. The summed E-state index contributed by atoms with van der Waals surface area (Å²) in [5.74, 6) is 0.395. The minimum absolute atomic E-state index is 0.198. The highest BCUT2D eigenvalue weighted by Crippen LogP contribution is 2.20. The van der Waals surface area contributed by atoms with Gasteiger partial charge in [0.05, 0.1) is 5.56 Å². The van der Waals surface area contributed by atoms with E-state index in [1.807, 2.05) is 18.2 Å². The minimum Gasteiger partial charge on any atom is -0.491 e. The van der Waals surface area contributed by atoms with Gasteiger partial charge in [-0.2, -0.15) is 0 Å². The molecule has 0 saturated carbocycles. The zero-order valence-corrected chi connectivity index (χ0v) is 14.8. The predicted octanol–water partition coefficient (Wildman–Crippen LogP) is 4.31. The minimum atomic E-state index is -0.198. The Labute approximate surface area is 148 Å². The Morgan fingerprint density at radius 3 is 2.42 bits per heavy atom. The van der Waals surface area contributed by atoms with Crippen LogP contribution in [0.3, 0.4) is 0 Å². The standard InChI is InChI=1S/C19H23ClN2O2/c1-3-22(4-2)13-14-24-18-8-6-5-7-17(18)19(23)21-16-11-9-15(20)10-12-16/h5-12H,3-4,13-14H2,1-2H3,(H,21,23). The second kappa shape index (κ2) is 9.30. The van der Waals surface area contributed by atoms with Crippen molar-refractivity contribution < 1.29 is 9.53 Å². The average Bonchev–Trinajstić information content (AvgIpc) is 2.61. The van der Waals surface area contributed by atoms with Gasteiger partial charge in [-0.25, -0.2) is 0 Å². The van der Waals surface area contributed by atoms with E-state index < -0.39 is 0 Å². The summed E-state index contributed by atoms with van der Waals surface area (Å²) in [5, 5.41) is 3.49. The lowest BCUT2D eigenvalue weighted by Gasteiger charge is -2.18. The highest BCUT2D eigenvalue weighted by molar-refractivity contribution is 6.30. The maximum absolute atomic E-state index is 12.5. The monoisotopic (exact) mass is 346 g/mol. The molecule has 0 atom stereocenters. The Morgan fingerprint density at radius 1 is 1.08 bits per heavy atom. The van der Waals surface area contributed by atoms with E-state index in [0.717, 1.165) is 19.6 Å². The molecular weight excluding hydrogens is 324 g/mol. The molecule has 0 aliphatic rings. The molecule has 128 valence electrons. The summed E-state index contributed by atoms with van der Waals surface area (Å²) >= 11 is 5.86. The second-order valence-corrected chi connectivity index (χ2v) is 5.77. The topological polar surface area (TPSA) is 41.6 Å². The van der Waals surface area contributed by atoms with E-state index in [0.29, 0.717) is 28.6 Å². The van der Waals surface area contributed by atoms with E-state index in [4.69, 9.17) is 16.3 Å². The summed E-state index contributed by atoms with van der Waals surface area (Å²) in [7, 11) is 0. The molecule has 5 heteroatoms. The predicted molar refractivity (Wildman–Crippen MR) is 99.1 cm³/mol. The smallest absolute Gasteiger partial charge is 0.259 e. The number of benzene rings is 2. The van der Waals surface area contributed by atoms with Gasteiger partial charge in [0.25, 0.3) is 5.91 Å². The molecule has 2 aromatic rings. The molecule has 2 rings (SSSR count). The first-order valence-electron chi connectivity index (χ1n) is 8.15. The van der Waals surface area contributed by atoms with Gasteiger partial charge in [-0.05, 0) is 49.5 Å². The van der Waals surface area contributed by atoms with Crippen molar-refractivity contribution in [3.63, 3.8) is 0 Å². The van der Waals surface area contributed by atoms with Crippen molar-refractivity contribution in [3.05, 3.63) is 59.1 Å². The Balaban J connectivity index is 2.01. The van der Waals surface area contributed by atoms with Crippen LogP contribution in [0.1, 0.15) is 24.2 Å². The maximum Gasteiger partial charge on any atom is 0.259 e. The first kappa shape index (κ1) is 18.3. The fourth-order valence-corrected chi connectivity index (χ4v) is 2.46. The number of hydrogen-bond donors (Lipinski definition) is 1. The van der Waals surface area contributed by atoms with Crippen LogP contribution in [0.5, 0.6) is 5.75 Å². The van der Waals surface area contributed by atoms with Gasteiger partial charge >= 0.3 is 0 Å². The van der Waals surface area contributed by atoms with Gasteiger partial charge in [-0.15, -0.1) is 0 Å². The van der Waals surface area contributed by atoms with Crippen LogP contribution in [0.15, 0.2) is 48.5 Å². The highest BCUT2D eigenvalue weighted by Gasteiger charge is 2.12. The summed E-state index contributed by atoms with van der Waals surface area (Å²) < 4.78 is 5.83. The van der Waals surface area contributed by atoms with Crippen molar-refractivity contribution in [1.82, 2.24) is 4.90 Å². The third-order valence-electron chi connectivity index (χ3n) is 3.79. The van der Waals surface area contributed by atoms with Crippen LogP contribution in [0, 0.1) is 0 Å². The molecule has 0 aliphatic heterocycles. The first-order chi connectivity index (χ1) is 11.6. The number of anilines is 1. The average molecular weight is 347 g/mol. The lowest BCUT2D eigenvalue weighted by Crippen LogP contribution is -2.28. The van der Waals surface area contributed by atoms with Gasteiger partial charge in [0, 0.05) is 17.3 Å². The number of nitrogens with one attached hydrogen (secondary N) is 1. The normalized spacial score (nSPS) is 10.7. The van der Waals surface area contributed by atoms with E-state index in [9.17, 15) is 4.79 Å². The number of nitrogens with zero attached hydrogens (tertiary/aromatic N) is 1. The van der Waals surface area contributed by atoms with Crippen LogP contribution in [0.2, 0.25) is 5.02 Å². The summed E-state index contributed by atoms with van der Waals surface area (Å²) in [6.07, 6.45) is 0. The van der Waals surface area contributed by atoms with Gasteiger partial charge in [0.1, 0.15) is 12.4 Å². The van der Waals surface area contributed by atoms with E-state index in [1.54, 1.807) is 30.3 Å². The third kappa shape index (κ3) is 5.25. The van der Waals surface area contributed by atoms with Gasteiger partial charge in [-0.3, -0.25) is 4.79 Å². The molecule has 2 aromatic carbocycles. The van der Waals surface area contributed by atoms with Crippen molar-refractivity contribution >= 4 is 23.2 Å². The van der Waals surface area contributed by atoms with Crippen molar-refractivity contribution in [2.75, 3.05) is 31.6 Å². The number of amides is 1. The molecule has 0 bridgehead atoms. The first-order valence-corrected chi connectivity index (χ1v) is 8.53. The maximum atomic E-state index is 12.5. The molecule has 0 saturated heterocycles. The molecule has 24 heavy (non-hydrogen) atoms. The number of ether oxygens (including phenoxy) is 1. The number of likely N-dealkylation sites (N-methyl/N-ethyl adjacent to an activating group) is 1. The Bertz CT molecular complexity index is 655. The van der Waals surface area contributed by atoms with Crippen LogP contribution in [-0.4, -0.2) is 37.0 Å². The lowest BCUT2D eigenvalue weighted by molar-refractivity contribution is 0.102. The van der Waals surface area contributed by atoms with E-state index in [1.165, 1.54) is 0 Å². The summed E-state index contributed by atoms with van der Waals surface area (Å²) in [4.78, 5) is 14.8. The molecule has 1 N–H and O–H groups in total. The molecule has 0 radical (unpaired) electrons. The third-order valence-corrected chi connectivity index (χ3v) is 4.05. The van der Waals surface area contributed by atoms with Crippen molar-refractivity contribution in [1.29, 1.82) is 0 Å². The van der Waals surface area contributed by atoms with Gasteiger partial charge in [0.2, 0.25) is 0 Å². The number of carbonyl (C=O) groups excluding carboxylic acids is 1. The van der Waals surface area contributed by atoms with Gasteiger partial charge in [0.15, 0.2) is 0 Å². The van der Waals surface area contributed by atoms with Crippen molar-refractivity contribution in [3.8, 4) is 5.75 Å². The lowest BCUT2D eigenvalue weighted by atomic mass is 10.2. The molecule has 0 fully saturated rings. The quantitative estimate of drug-likeness (QED) is 0.774. The fourth-order valence-electron chi connectivity index (χ4n) is 2.34. The molecule has 0 aliphatic carbocycles. The summed E-state index contributed by atoms with van der Waals surface area (Å²) in [6.45, 7) is 7.60. The van der Waals surface area contributed by atoms with Crippen molar-refractivity contribution in [2.45, 2.75) is 13.8 Å². The zero-order valence-electron chi connectivity index (χ0n) is 14.1. The van der Waals surface area contributed by atoms with E-state index in [-0.39, 0.29) is 5.91 Å². The van der Waals surface area contributed by atoms with Gasteiger partial charge < -0.3 is 15.0 Å². The number of para-hydroxylation sites is 1. The zero-order chi connectivity index (χ0) is 17.4. The van der Waals surface area contributed by atoms with Crippen molar-refractivity contribution in [2.24, 2.45) is 0 Å². The number of halogens is 1. The molecule has 1 amide bonds. The van der Waals surface area contributed by atoms with Crippen LogP contribution < -0.4 is 10.1 Å². The van der Waals surface area contributed by atoms with E-state index in [2.05, 4.69) is 24.1 Å². The number of rotatable bonds is 8. The molecule has 0 unspecified atom stereocenters. The Morgan fingerprint density at radius 2 is 1.75 bits per heavy atom. The Hall–Kier alpha value is -2.04. The molecular formula is C19H23ClN2O2. The van der Waals surface area contributed by atoms with Crippen LogP contribution in [-0.2, 0) is 0 Å². The number of hydrogen-bond acceptors (Lipinski definition) is 3. The molecule has 0 aromatic heterocycles. The highest BCUT2D eigenvalue weighted by atomic mass is 35.5. The molecule has 0 spiro atoms. The second-order valence-electron chi connectivity index (χ2n) is 5.33. The van der Waals surface area contributed by atoms with Gasteiger partial charge in [-0.1, -0.05) is 37.6 Å². The SMILES string of the molecule is CCN(CC)CCOc1ccccc1C(=O)Nc1ccc(Cl)cc1. The Kier molecular flexibility index (Phi) is 7.09. The molecule has 0 heterocycles. The van der Waals surface area contributed by atoms with Crippen LogP contribution in [0.25, 0.3) is 0 Å². The van der Waals surface area contributed by atoms with Crippen LogP contribution in [0.4, 0.5) is 5.69 Å². The summed E-state index contributed by atoms with van der Waals surface area (Å²) in [5.41, 5.74) is 1.22. The number of carbonyl (C=O) groups is 1. The van der Waals surface area contributed by atoms with E-state index >= 15 is 0 Å². The molecule has 4 nitrogen and oxygen atoms in total. The fraction of sp³-hybridized carbons (Fsp3) is 0.316. The summed E-state index contributed by atoms with van der Waals surface area (Å²) in [6, 6.07) is 14.3.